The smallest absolute Gasteiger partial charge is 0.263 e. The summed E-state index contributed by atoms with van der Waals surface area (Å²) in [6.07, 6.45) is 1.55. The number of piperazine rings is 1. The van der Waals surface area contributed by atoms with E-state index in [-0.39, 0.29) is 5.91 Å². The van der Waals surface area contributed by atoms with Gasteiger partial charge >= 0.3 is 0 Å². The van der Waals surface area contributed by atoms with Crippen molar-refractivity contribution in [3.63, 3.8) is 0 Å². The van der Waals surface area contributed by atoms with Crippen LogP contribution >= 0.6 is 35.0 Å². The summed E-state index contributed by atoms with van der Waals surface area (Å²) in [5.41, 5.74) is 3.04. The van der Waals surface area contributed by atoms with Crippen molar-refractivity contribution in [3.8, 4) is 0 Å². The van der Waals surface area contributed by atoms with Gasteiger partial charge in [0, 0.05) is 43.8 Å². The van der Waals surface area contributed by atoms with Crippen molar-refractivity contribution in [3.05, 3.63) is 64.3 Å². The largest absolute Gasteiger partial charge is 0.369 e. The van der Waals surface area contributed by atoms with Gasteiger partial charge in [0.2, 0.25) is 5.95 Å². The van der Waals surface area contributed by atoms with Gasteiger partial charge in [0.25, 0.3) is 5.91 Å². The minimum absolute atomic E-state index is 0.221. The van der Waals surface area contributed by atoms with E-state index in [1.54, 1.807) is 29.3 Å². The number of hydrogen-bond donors (Lipinski definition) is 1. The number of carbonyl (C=O) groups is 1. The second-order valence-electron chi connectivity index (χ2n) is 7.95. The topological polar surface area (TPSA) is 64.6 Å². The minimum atomic E-state index is -0.221. The third kappa shape index (κ3) is 4.61. The number of amides is 1. The standard InChI is InChI=1S/C23H22Cl2N6OS/c1-29-9-11-30(12-10-29)16-7-5-15(6-8-16)27-23-26-13-17-21(28-23)33-14-31(22(17)32)20-18(24)3-2-4-19(20)25/h2-8,13H,9-12,14H2,1H3,(H,26,27,28). The zero-order valence-corrected chi connectivity index (χ0v) is 20.3. The van der Waals surface area contributed by atoms with Crippen molar-refractivity contribution in [2.75, 3.05) is 54.2 Å². The van der Waals surface area contributed by atoms with Crippen molar-refractivity contribution in [2.24, 2.45) is 0 Å². The number of nitrogens with zero attached hydrogens (tertiary/aromatic N) is 5. The molecule has 3 aromatic rings. The molecular formula is C23H22Cl2N6OS. The Hall–Kier alpha value is -2.52. The van der Waals surface area contributed by atoms with E-state index in [1.165, 1.54) is 17.4 Å². The predicted octanol–water partition coefficient (Wildman–Crippen LogP) is 4.99. The summed E-state index contributed by atoms with van der Waals surface area (Å²) in [7, 11) is 2.15. The number of aromatic nitrogens is 2. The second kappa shape index (κ2) is 9.38. The molecule has 2 aliphatic heterocycles. The number of fused-ring (bicyclic) bond motifs is 1. The van der Waals surface area contributed by atoms with Crippen LogP contribution in [0.25, 0.3) is 0 Å². The zero-order valence-electron chi connectivity index (χ0n) is 18.0. The summed E-state index contributed by atoms with van der Waals surface area (Å²) >= 11 is 14.1. The number of nitrogens with one attached hydrogen (secondary N) is 1. The first-order valence-electron chi connectivity index (χ1n) is 10.6. The van der Waals surface area contributed by atoms with Crippen LogP contribution in [0.2, 0.25) is 10.0 Å². The Bertz CT molecular complexity index is 1160. The number of benzene rings is 2. The molecule has 3 heterocycles. The zero-order chi connectivity index (χ0) is 22.9. The van der Waals surface area contributed by atoms with Crippen LogP contribution in [0, 0.1) is 0 Å². The lowest BCUT2D eigenvalue weighted by Gasteiger charge is -2.34. The summed E-state index contributed by atoms with van der Waals surface area (Å²) in [6, 6.07) is 13.4. The van der Waals surface area contributed by atoms with E-state index < -0.39 is 0 Å². The van der Waals surface area contributed by atoms with E-state index in [1.807, 2.05) is 12.1 Å². The molecule has 170 valence electrons. The maximum Gasteiger partial charge on any atom is 0.263 e. The highest BCUT2D eigenvalue weighted by Crippen LogP contribution is 2.39. The van der Waals surface area contributed by atoms with Gasteiger partial charge in [-0.25, -0.2) is 9.97 Å². The molecule has 1 N–H and O–H groups in total. The Kier molecular flexibility index (Phi) is 6.34. The summed E-state index contributed by atoms with van der Waals surface area (Å²) in [4.78, 5) is 28.3. The Morgan fingerprint density at radius 2 is 1.70 bits per heavy atom. The van der Waals surface area contributed by atoms with E-state index in [2.05, 4.69) is 44.3 Å². The number of thioether (sulfide) groups is 1. The normalized spacial score (nSPS) is 16.6. The number of likely N-dealkylation sites (N-methyl/N-ethyl adjacent to an activating group) is 1. The molecule has 0 saturated carbocycles. The van der Waals surface area contributed by atoms with E-state index in [0.717, 1.165) is 31.9 Å². The molecule has 33 heavy (non-hydrogen) atoms. The molecule has 0 radical (unpaired) electrons. The first kappa shape index (κ1) is 22.3. The van der Waals surface area contributed by atoms with E-state index in [9.17, 15) is 4.79 Å². The summed E-state index contributed by atoms with van der Waals surface area (Å²) in [5.74, 6) is 0.596. The molecule has 0 spiro atoms. The molecule has 5 rings (SSSR count). The van der Waals surface area contributed by atoms with Gasteiger partial charge in [0.15, 0.2) is 0 Å². The number of carbonyl (C=O) groups excluding carboxylic acids is 1. The van der Waals surface area contributed by atoms with Crippen LogP contribution in [-0.4, -0.2) is 59.9 Å². The fourth-order valence-corrected chi connectivity index (χ4v) is 5.42. The van der Waals surface area contributed by atoms with Crippen molar-refractivity contribution < 1.29 is 4.79 Å². The van der Waals surface area contributed by atoms with Crippen LogP contribution in [-0.2, 0) is 0 Å². The third-order valence-corrected chi connectivity index (χ3v) is 7.34. The molecule has 10 heteroatoms. The second-order valence-corrected chi connectivity index (χ2v) is 9.70. The number of rotatable bonds is 4. The minimum Gasteiger partial charge on any atom is -0.369 e. The first-order valence-corrected chi connectivity index (χ1v) is 12.3. The van der Waals surface area contributed by atoms with Gasteiger partial charge < -0.3 is 15.1 Å². The molecule has 2 aromatic carbocycles. The van der Waals surface area contributed by atoms with Crippen molar-refractivity contribution in [1.82, 2.24) is 14.9 Å². The van der Waals surface area contributed by atoms with Crippen LogP contribution in [0.4, 0.5) is 23.0 Å². The van der Waals surface area contributed by atoms with Crippen molar-refractivity contribution in [1.29, 1.82) is 0 Å². The highest BCUT2D eigenvalue weighted by atomic mass is 35.5. The molecule has 1 aromatic heterocycles. The van der Waals surface area contributed by atoms with Crippen LogP contribution in [0.1, 0.15) is 10.4 Å². The van der Waals surface area contributed by atoms with Gasteiger partial charge in [-0.15, -0.1) is 0 Å². The number of halogens is 2. The lowest BCUT2D eigenvalue weighted by molar-refractivity contribution is 0.0985. The fraction of sp³-hybridized carbons (Fsp3) is 0.261. The lowest BCUT2D eigenvalue weighted by atomic mass is 10.2. The SMILES string of the molecule is CN1CCN(c2ccc(Nc3ncc4c(n3)SCN(c3c(Cl)cccc3Cl)C4=O)cc2)CC1. The monoisotopic (exact) mass is 500 g/mol. The molecule has 0 bridgehead atoms. The molecule has 2 aliphatic rings. The molecule has 0 unspecified atom stereocenters. The number of para-hydroxylation sites is 1. The molecule has 0 atom stereocenters. The Morgan fingerprint density at radius 3 is 2.39 bits per heavy atom. The van der Waals surface area contributed by atoms with Crippen LogP contribution in [0.3, 0.4) is 0 Å². The molecule has 1 fully saturated rings. The highest BCUT2D eigenvalue weighted by Gasteiger charge is 2.30. The Labute approximate surface area is 206 Å². The molecule has 7 nitrogen and oxygen atoms in total. The van der Waals surface area contributed by atoms with E-state index >= 15 is 0 Å². The van der Waals surface area contributed by atoms with Crippen LogP contribution in [0.5, 0.6) is 0 Å². The van der Waals surface area contributed by atoms with E-state index in [0.29, 0.717) is 38.1 Å². The number of hydrogen-bond acceptors (Lipinski definition) is 7. The van der Waals surface area contributed by atoms with Gasteiger partial charge in [-0.1, -0.05) is 41.0 Å². The predicted molar refractivity (Wildman–Crippen MR) is 135 cm³/mol. The Morgan fingerprint density at radius 1 is 1.00 bits per heavy atom. The summed E-state index contributed by atoms with van der Waals surface area (Å²) in [5, 5.41) is 4.73. The summed E-state index contributed by atoms with van der Waals surface area (Å²) in [6.45, 7) is 4.19. The molecule has 1 amide bonds. The third-order valence-electron chi connectivity index (χ3n) is 5.76. The highest BCUT2D eigenvalue weighted by molar-refractivity contribution is 7.99. The lowest BCUT2D eigenvalue weighted by Crippen LogP contribution is -2.44. The molecular weight excluding hydrogens is 479 g/mol. The average Bonchev–Trinajstić information content (AvgIpc) is 2.81. The van der Waals surface area contributed by atoms with Crippen molar-refractivity contribution in [2.45, 2.75) is 5.03 Å². The molecule has 1 saturated heterocycles. The fourth-order valence-electron chi connectivity index (χ4n) is 3.88. The van der Waals surface area contributed by atoms with Gasteiger partial charge in [0.1, 0.15) is 5.03 Å². The van der Waals surface area contributed by atoms with Crippen LogP contribution < -0.4 is 15.1 Å². The number of anilines is 4. The van der Waals surface area contributed by atoms with Gasteiger partial charge in [-0.05, 0) is 43.4 Å². The Balaban J connectivity index is 1.30. The van der Waals surface area contributed by atoms with Gasteiger partial charge in [-0.2, -0.15) is 0 Å². The van der Waals surface area contributed by atoms with Gasteiger partial charge in [-0.3, -0.25) is 9.69 Å². The first-order chi connectivity index (χ1) is 16.0. The quantitative estimate of drug-likeness (QED) is 0.506. The maximum absolute atomic E-state index is 13.1. The van der Waals surface area contributed by atoms with Crippen LogP contribution in [0.15, 0.2) is 53.7 Å². The average molecular weight is 501 g/mol. The van der Waals surface area contributed by atoms with Gasteiger partial charge in [0.05, 0.1) is 27.2 Å². The van der Waals surface area contributed by atoms with Crippen molar-refractivity contribution >= 4 is 63.9 Å². The van der Waals surface area contributed by atoms with E-state index in [4.69, 9.17) is 23.2 Å². The molecule has 0 aliphatic carbocycles. The maximum atomic E-state index is 13.1. The summed E-state index contributed by atoms with van der Waals surface area (Å²) < 4.78 is 0.